The Hall–Kier alpha value is -4.88. The normalized spacial score (nSPS) is 29.3. The fourth-order valence-electron chi connectivity index (χ4n) is 6.03. The van der Waals surface area contributed by atoms with Crippen LogP contribution in [0.5, 0.6) is 17.2 Å². The van der Waals surface area contributed by atoms with Crippen molar-refractivity contribution in [3.05, 3.63) is 94.2 Å². The Labute approximate surface area is 294 Å². The highest BCUT2D eigenvalue weighted by Crippen LogP contribution is 2.43. The lowest BCUT2D eigenvalue weighted by molar-refractivity contribution is -0.278. The van der Waals surface area contributed by atoms with Crippen LogP contribution in [0.15, 0.2) is 82.0 Å². The summed E-state index contributed by atoms with van der Waals surface area (Å²) in [6, 6.07) is 15.2. The van der Waals surface area contributed by atoms with E-state index in [2.05, 4.69) is 0 Å². The lowest BCUT2D eigenvalue weighted by Crippen LogP contribution is -2.60. The van der Waals surface area contributed by atoms with E-state index in [0.29, 0.717) is 11.1 Å². The highest BCUT2D eigenvalue weighted by molar-refractivity contribution is 5.88. The minimum atomic E-state index is -1.91. The van der Waals surface area contributed by atoms with Crippen LogP contribution in [0.25, 0.3) is 28.4 Å². The van der Waals surface area contributed by atoms with E-state index in [9.17, 15) is 55.5 Å². The van der Waals surface area contributed by atoms with Crippen LogP contribution >= 0.6 is 0 Å². The molecule has 3 heterocycles. The predicted octanol–water partition coefficient (Wildman–Crippen LogP) is -0.171. The van der Waals surface area contributed by atoms with Gasteiger partial charge in [0.1, 0.15) is 77.4 Å². The number of ether oxygens (including phenoxy) is 4. The third-order valence-electron chi connectivity index (χ3n) is 8.85. The first kappa shape index (κ1) is 36.9. The Morgan fingerprint density at radius 2 is 1.37 bits per heavy atom. The minimum absolute atomic E-state index is 0.00508. The number of carbonyl (C=O) groups is 1. The van der Waals surface area contributed by atoms with Gasteiger partial charge in [0, 0.05) is 17.7 Å². The number of benzene rings is 3. The fraction of sp³-hybridized carbons (Fsp3) is 0.333. The molecule has 276 valence electrons. The second-order valence-electron chi connectivity index (χ2n) is 12.3. The SMILES string of the molecule is O=C(/C=C/c1ccc(O)cc1)O[C@@H]1[C@@H](O)[C@H](O)[C@@H](CO)O[C@H]1c1c(O[C@@H]2O[C@H](CO)[C@@H](O)[C@H](O)[C@H]2O)ccc2c(=O)cc(-c3ccc(O)cc3)oc12. The number of hydrogen-bond acceptors (Lipinski definition) is 16. The summed E-state index contributed by atoms with van der Waals surface area (Å²) in [5, 5.41) is 92.8. The zero-order valence-electron chi connectivity index (χ0n) is 27.1. The molecule has 3 aromatic carbocycles. The van der Waals surface area contributed by atoms with Crippen molar-refractivity contribution in [2.45, 2.75) is 61.2 Å². The third-order valence-corrected chi connectivity index (χ3v) is 8.85. The largest absolute Gasteiger partial charge is 0.508 e. The number of phenolic OH excluding ortho intramolecular Hbond substituents is 2. The Bertz CT molecular complexity index is 1960. The zero-order valence-corrected chi connectivity index (χ0v) is 27.1. The van der Waals surface area contributed by atoms with Gasteiger partial charge >= 0.3 is 5.97 Å². The lowest BCUT2D eigenvalue weighted by Gasteiger charge is -2.43. The quantitative estimate of drug-likeness (QED) is 0.0801. The van der Waals surface area contributed by atoms with Gasteiger partial charge in [-0.1, -0.05) is 12.1 Å². The van der Waals surface area contributed by atoms with Gasteiger partial charge in [0.05, 0.1) is 24.2 Å². The van der Waals surface area contributed by atoms with Crippen molar-refractivity contribution >= 4 is 23.0 Å². The summed E-state index contributed by atoms with van der Waals surface area (Å²) in [5.74, 6) is -1.39. The van der Waals surface area contributed by atoms with Crippen molar-refractivity contribution in [3.8, 4) is 28.6 Å². The van der Waals surface area contributed by atoms with Gasteiger partial charge in [0.2, 0.25) is 6.29 Å². The van der Waals surface area contributed by atoms with Crippen molar-refractivity contribution in [2.24, 2.45) is 0 Å². The number of rotatable bonds is 9. The monoisotopic (exact) mass is 724 g/mol. The van der Waals surface area contributed by atoms with E-state index in [1.807, 2.05) is 0 Å². The molecule has 0 aliphatic carbocycles. The van der Waals surface area contributed by atoms with Gasteiger partial charge in [-0.05, 0) is 60.2 Å². The standard InChI is InChI=1S/C36H36O16/c37-14-24-29(44)31(46)35(52-26(42)12-3-16-1-6-18(39)7-2-16)34(49-24)27-22(50-36-32(47)30(45)28(43)25(15-38)51-36)11-10-20-21(41)13-23(48-33(20)27)17-4-8-19(40)9-5-17/h1-13,24-25,28-32,34-40,43-47H,14-15H2/b12-3+/t24-,25-,28-,29-,30+,31+,32-,34+,35-,36-/m1/s1. The number of aliphatic hydroxyl groups is 7. The van der Waals surface area contributed by atoms with Crippen molar-refractivity contribution < 1.29 is 74.1 Å². The molecule has 0 saturated carbocycles. The maximum atomic E-state index is 13.5. The smallest absolute Gasteiger partial charge is 0.331 e. The number of esters is 1. The van der Waals surface area contributed by atoms with Gasteiger partial charge in [0.25, 0.3) is 0 Å². The van der Waals surface area contributed by atoms with Gasteiger partial charge in [-0.25, -0.2) is 4.79 Å². The van der Waals surface area contributed by atoms with Crippen molar-refractivity contribution in [3.63, 3.8) is 0 Å². The van der Waals surface area contributed by atoms with Crippen molar-refractivity contribution in [1.82, 2.24) is 0 Å². The molecule has 52 heavy (non-hydrogen) atoms. The summed E-state index contributed by atoms with van der Waals surface area (Å²) in [7, 11) is 0. The molecule has 6 rings (SSSR count). The first-order chi connectivity index (χ1) is 24.9. The molecule has 2 aliphatic heterocycles. The zero-order chi connectivity index (χ0) is 37.3. The molecule has 9 N–H and O–H groups in total. The molecule has 1 aromatic heterocycles. The van der Waals surface area contributed by atoms with Crippen LogP contribution in [0, 0.1) is 0 Å². The first-order valence-corrected chi connectivity index (χ1v) is 16.1. The summed E-state index contributed by atoms with van der Waals surface area (Å²) in [6.07, 6.45) is -14.9. The molecule has 0 unspecified atom stereocenters. The van der Waals surface area contributed by atoms with E-state index in [1.165, 1.54) is 72.8 Å². The van der Waals surface area contributed by atoms with Gasteiger partial charge in [0.15, 0.2) is 11.5 Å². The average molecular weight is 725 g/mol. The number of carbonyl (C=O) groups excluding carboxylic acids is 1. The maximum Gasteiger partial charge on any atom is 0.331 e. The van der Waals surface area contributed by atoms with E-state index >= 15 is 0 Å². The van der Waals surface area contributed by atoms with Crippen LogP contribution in [-0.2, 0) is 19.0 Å². The van der Waals surface area contributed by atoms with Crippen LogP contribution in [0.3, 0.4) is 0 Å². The van der Waals surface area contributed by atoms with Crippen LogP contribution in [-0.4, -0.2) is 120 Å². The van der Waals surface area contributed by atoms with Gasteiger partial charge in [-0.3, -0.25) is 4.79 Å². The summed E-state index contributed by atoms with van der Waals surface area (Å²) in [5.41, 5.74) is -0.204. The third kappa shape index (κ3) is 7.38. The number of aromatic hydroxyl groups is 2. The number of hydrogen-bond donors (Lipinski definition) is 9. The molecular weight excluding hydrogens is 688 g/mol. The topological polar surface area (TPSA) is 266 Å². The Morgan fingerprint density at radius 1 is 0.750 bits per heavy atom. The molecule has 10 atom stereocenters. The van der Waals surface area contributed by atoms with Gasteiger partial charge in [-0.15, -0.1) is 0 Å². The van der Waals surface area contributed by atoms with E-state index in [1.54, 1.807) is 0 Å². The molecule has 2 fully saturated rings. The minimum Gasteiger partial charge on any atom is -0.508 e. The van der Waals surface area contributed by atoms with Crippen molar-refractivity contribution in [1.29, 1.82) is 0 Å². The second kappa shape index (κ2) is 15.4. The highest BCUT2D eigenvalue weighted by atomic mass is 16.7. The predicted molar refractivity (Wildman–Crippen MR) is 178 cm³/mol. The van der Waals surface area contributed by atoms with Crippen LogP contribution < -0.4 is 10.2 Å². The number of fused-ring (bicyclic) bond motifs is 1. The molecule has 2 saturated heterocycles. The van der Waals surface area contributed by atoms with Crippen LogP contribution in [0.1, 0.15) is 17.2 Å². The van der Waals surface area contributed by atoms with E-state index in [-0.39, 0.29) is 39.5 Å². The molecule has 16 nitrogen and oxygen atoms in total. The fourth-order valence-corrected chi connectivity index (χ4v) is 6.03. The molecule has 0 radical (unpaired) electrons. The van der Waals surface area contributed by atoms with E-state index in [4.69, 9.17) is 23.4 Å². The number of aliphatic hydroxyl groups excluding tert-OH is 7. The summed E-state index contributed by atoms with van der Waals surface area (Å²) >= 11 is 0. The second-order valence-corrected chi connectivity index (χ2v) is 12.3. The van der Waals surface area contributed by atoms with Crippen LogP contribution in [0.4, 0.5) is 0 Å². The molecule has 0 amide bonds. The highest BCUT2D eigenvalue weighted by Gasteiger charge is 2.50. The average Bonchev–Trinajstić information content (AvgIpc) is 3.14. The number of phenols is 2. The Balaban J connectivity index is 1.50. The van der Waals surface area contributed by atoms with Crippen molar-refractivity contribution in [2.75, 3.05) is 13.2 Å². The molecule has 2 aliphatic rings. The summed E-state index contributed by atoms with van der Waals surface area (Å²) in [4.78, 5) is 26.7. The molecular formula is C36H36O16. The summed E-state index contributed by atoms with van der Waals surface area (Å²) in [6.45, 7) is -1.60. The maximum absolute atomic E-state index is 13.5. The van der Waals surface area contributed by atoms with E-state index in [0.717, 1.165) is 6.08 Å². The Morgan fingerprint density at radius 3 is 2.02 bits per heavy atom. The van der Waals surface area contributed by atoms with Gasteiger partial charge in [-0.2, -0.15) is 0 Å². The van der Waals surface area contributed by atoms with E-state index < -0.39 is 85.8 Å². The van der Waals surface area contributed by atoms with Crippen LogP contribution in [0.2, 0.25) is 0 Å². The molecule has 0 spiro atoms. The molecule has 4 aromatic rings. The first-order valence-electron chi connectivity index (χ1n) is 16.1. The Kier molecular flexibility index (Phi) is 10.9. The molecule has 16 heteroatoms. The lowest BCUT2D eigenvalue weighted by atomic mass is 9.89. The van der Waals surface area contributed by atoms with Gasteiger partial charge < -0.3 is 69.3 Å². The molecule has 0 bridgehead atoms. The summed E-state index contributed by atoms with van der Waals surface area (Å²) < 4.78 is 29.5.